The van der Waals surface area contributed by atoms with Gasteiger partial charge in [0, 0.05) is 11.4 Å². The third-order valence-electron chi connectivity index (χ3n) is 3.04. The zero-order valence-electron chi connectivity index (χ0n) is 11.1. The molecular formula is C18H19N. The SMILES string of the molecule is C=CCc1cccc(Nc2ccccc2)c1CC=C. The van der Waals surface area contributed by atoms with Gasteiger partial charge < -0.3 is 5.32 Å². The second-order valence-corrected chi connectivity index (χ2v) is 4.42. The van der Waals surface area contributed by atoms with Crippen molar-refractivity contribution >= 4 is 11.4 Å². The van der Waals surface area contributed by atoms with Crippen molar-refractivity contribution in [1.29, 1.82) is 0 Å². The van der Waals surface area contributed by atoms with Crippen molar-refractivity contribution in [3.63, 3.8) is 0 Å². The largest absolute Gasteiger partial charge is 0.355 e. The number of rotatable bonds is 6. The molecule has 0 aromatic heterocycles. The van der Waals surface area contributed by atoms with Gasteiger partial charge in [-0.25, -0.2) is 0 Å². The molecule has 0 saturated carbocycles. The first kappa shape index (κ1) is 13.2. The first-order valence-corrected chi connectivity index (χ1v) is 6.49. The minimum absolute atomic E-state index is 0.860. The molecular weight excluding hydrogens is 230 g/mol. The predicted molar refractivity (Wildman–Crippen MR) is 84.0 cm³/mol. The summed E-state index contributed by atoms with van der Waals surface area (Å²) in [6, 6.07) is 16.6. The Hall–Kier alpha value is -2.28. The van der Waals surface area contributed by atoms with Crippen molar-refractivity contribution in [3.8, 4) is 0 Å². The van der Waals surface area contributed by atoms with E-state index in [-0.39, 0.29) is 0 Å². The van der Waals surface area contributed by atoms with Crippen molar-refractivity contribution in [1.82, 2.24) is 0 Å². The molecule has 0 aliphatic heterocycles. The molecule has 0 spiro atoms. The summed E-state index contributed by atoms with van der Waals surface area (Å²) in [6.45, 7) is 7.68. The van der Waals surface area contributed by atoms with Gasteiger partial charge in [-0.15, -0.1) is 13.2 Å². The first-order valence-electron chi connectivity index (χ1n) is 6.49. The molecule has 0 saturated heterocycles. The summed E-state index contributed by atoms with van der Waals surface area (Å²) >= 11 is 0. The van der Waals surface area contributed by atoms with Crippen LogP contribution < -0.4 is 5.32 Å². The maximum Gasteiger partial charge on any atom is 0.0422 e. The van der Waals surface area contributed by atoms with E-state index >= 15 is 0 Å². The van der Waals surface area contributed by atoms with Crippen molar-refractivity contribution in [2.45, 2.75) is 12.8 Å². The molecule has 2 aromatic carbocycles. The van der Waals surface area contributed by atoms with E-state index < -0.39 is 0 Å². The van der Waals surface area contributed by atoms with E-state index in [0.29, 0.717) is 0 Å². The molecule has 0 radical (unpaired) electrons. The third kappa shape index (κ3) is 3.35. The lowest BCUT2D eigenvalue weighted by Crippen LogP contribution is -1.99. The molecule has 1 nitrogen and oxygen atoms in total. The molecule has 0 heterocycles. The maximum absolute atomic E-state index is 3.85. The number of hydrogen-bond acceptors (Lipinski definition) is 1. The minimum Gasteiger partial charge on any atom is -0.355 e. The lowest BCUT2D eigenvalue weighted by molar-refractivity contribution is 1.15. The average Bonchev–Trinajstić information content (AvgIpc) is 2.44. The number of anilines is 2. The van der Waals surface area contributed by atoms with Crippen molar-refractivity contribution in [3.05, 3.63) is 85.0 Å². The molecule has 0 aliphatic carbocycles. The molecule has 0 amide bonds. The fourth-order valence-electron chi connectivity index (χ4n) is 2.16. The standard InChI is InChI=1S/C18H19N/c1-3-9-15-11-8-14-18(17(15)10-4-2)19-16-12-6-5-7-13-16/h3-8,11-14,19H,1-2,9-10H2. The van der Waals surface area contributed by atoms with Gasteiger partial charge in [0.2, 0.25) is 0 Å². The number of hydrogen-bond donors (Lipinski definition) is 1. The van der Waals surface area contributed by atoms with E-state index in [4.69, 9.17) is 0 Å². The Balaban J connectivity index is 2.35. The quantitative estimate of drug-likeness (QED) is 0.719. The van der Waals surface area contributed by atoms with Crippen LogP contribution in [0.1, 0.15) is 11.1 Å². The Morgan fingerprint density at radius 3 is 2.26 bits per heavy atom. The van der Waals surface area contributed by atoms with E-state index in [9.17, 15) is 0 Å². The van der Waals surface area contributed by atoms with Crippen LogP contribution in [-0.2, 0) is 12.8 Å². The van der Waals surface area contributed by atoms with Gasteiger partial charge in [-0.3, -0.25) is 0 Å². The zero-order chi connectivity index (χ0) is 13.5. The Labute approximate surface area is 115 Å². The van der Waals surface area contributed by atoms with E-state index in [1.54, 1.807) is 0 Å². The number of nitrogens with one attached hydrogen (secondary N) is 1. The Morgan fingerprint density at radius 1 is 0.842 bits per heavy atom. The molecule has 2 rings (SSSR count). The van der Waals surface area contributed by atoms with Crippen LogP contribution in [0.4, 0.5) is 11.4 Å². The van der Waals surface area contributed by atoms with Crippen LogP contribution in [0.2, 0.25) is 0 Å². The van der Waals surface area contributed by atoms with E-state index in [0.717, 1.165) is 24.2 Å². The first-order chi connectivity index (χ1) is 9.35. The molecule has 0 bridgehead atoms. The smallest absolute Gasteiger partial charge is 0.0422 e. The van der Waals surface area contributed by atoms with Crippen LogP contribution in [0.25, 0.3) is 0 Å². The summed E-state index contributed by atoms with van der Waals surface area (Å²) in [4.78, 5) is 0. The third-order valence-corrected chi connectivity index (χ3v) is 3.04. The molecule has 0 unspecified atom stereocenters. The Bertz CT molecular complexity index is 555. The lowest BCUT2D eigenvalue weighted by Gasteiger charge is -2.14. The highest BCUT2D eigenvalue weighted by Crippen LogP contribution is 2.25. The monoisotopic (exact) mass is 249 g/mol. The summed E-state index contributed by atoms with van der Waals surface area (Å²) in [7, 11) is 0. The highest BCUT2D eigenvalue weighted by Gasteiger charge is 2.06. The van der Waals surface area contributed by atoms with Crippen LogP contribution in [0.3, 0.4) is 0 Å². The van der Waals surface area contributed by atoms with Crippen molar-refractivity contribution in [2.75, 3.05) is 5.32 Å². The normalized spacial score (nSPS) is 9.89. The van der Waals surface area contributed by atoms with Crippen LogP contribution in [0.15, 0.2) is 73.8 Å². The van der Waals surface area contributed by atoms with E-state index in [2.05, 4.69) is 48.8 Å². The van der Waals surface area contributed by atoms with Gasteiger partial charge >= 0.3 is 0 Å². The Kier molecular flexibility index (Phi) is 4.57. The summed E-state index contributed by atoms with van der Waals surface area (Å²) in [6.07, 6.45) is 5.62. The van der Waals surface area contributed by atoms with Gasteiger partial charge in [-0.2, -0.15) is 0 Å². The van der Waals surface area contributed by atoms with Gasteiger partial charge in [0.15, 0.2) is 0 Å². The Morgan fingerprint density at radius 2 is 1.58 bits per heavy atom. The van der Waals surface area contributed by atoms with E-state index in [1.807, 2.05) is 30.4 Å². The van der Waals surface area contributed by atoms with Gasteiger partial charge in [0.1, 0.15) is 0 Å². The van der Waals surface area contributed by atoms with Crippen molar-refractivity contribution in [2.24, 2.45) is 0 Å². The lowest BCUT2D eigenvalue weighted by atomic mass is 9.99. The van der Waals surface area contributed by atoms with E-state index in [1.165, 1.54) is 11.1 Å². The summed E-state index contributed by atoms with van der Waals surface area (Å²) < 4.78 is 0. The molecule has 96 valence electrons. The summed E-state index contributed by atoms with van der Waals surface area (Å²) in [5.41, 5.74) is 4.84. The second-order valence-electron chi connectivity index (χ2n) is 4.42. The second kappa shape index (κ2) is 6.60. The molecule has 0 aliphatic rings. The van der Waals surface area contributed by atoms with Crippen LogP contribution in [0.5, 0.6) is 0 Å². The van der Waals surface area contributed by atoms with Crippen LogP contribution >= 0.6 is 0 Å². The predicted octanol–water partition coefficient (Wildman–Crippen LogP) is 4.89. The van der Waals surface area contributed by atoms with Crippen molar-refractivity contribution < 1.29 is 0 Å². The fraction of sp³-hybridized carbons (Fsp3) is 0.111. The molecule has 1 N–H and O–H groups in total. The van der Waals surface area contributed by atoms with Crippen LogP contribution in [-0.4, -0.2) is 0 Å². The van der Waals surface area contributed by atoms with Crippen LogP contribution in [0, 0.1) is 0 Å². The highest BCUT2D eigenvalue weighted by atomic mass is 14.9. The molecule has 0 fully saturated rings. The molecule has 2 aromatic rings. The number of allylic oxidation sites excluding steroid dienone is 2. The molecule has 1 heteroatoms. The number of para-hydroxylation sites is 1. The topological polar surface area (TPSA) is 12.0 Å². The summed E-state index contributed by atoms with van der Waals surface area (Å²) in [5.74, 6) is 0. The minimum atomic E-state index is 0.860. The van der Waals surface area contributed by atoms with Gasteiger partial charge in [0.25, 0.3) is 0 Å². The molecule has 0 atom stereocenters. The maximum atomic E-state index is 3.85. The highest BCUT2D eigenvalue weighted by molar-refractivity contribution is 5.65. The van der Waals surface area contributed by atoms with Gasteiger partial charge in [-0.1, -0.05) is 42.5 Å². The summed E-state index contributed by atoms with van der Waals surface area (Å²) in [5, 5.41) is 3.47. The molecule has 19 heavy (non-hydrogen) atoms. The zero-order valence-corrected chi connectivity index (χ0v) is 11.1. The fourth-order valence-corrected chi connectivity index (χ4v) is 2.16. The van der Waals surface area contributed by atoms with Gasteiger partial charge in [0.05, 0.1) is 0 Å². The average molecular weight is 249 g/mol. The van der Waals surface area contributed by atoms with Gasteiger partial charge in [-0.05, 0) is 42.2 Å². The number of benzene rings is 2.